The first-order valence-electron chi connectivity index (χ1n) is 12.9. The SMILES string of the molecule is C=C(/C=C\C)c1cccc(Nc2nn(C3(CC#N)CCN(C(=O)OC(C)(C)C)CC3)cc2C(N)=O)c1.CC. The highest BCUT2D eigenvalue weighted by Crippen LogP contribution is 2.35. The number of nitrogens with one attached hydrogen (secondary N) is 1. The van der Waals surface area contributed by atoms with Crippen molar-refractivity contribution >= 4 is 29.1 Å². The standard InChI is InChI=1S/C27H34N6O3.C2H6/c1-6-8-19(2)20-9-7-10-21(17-20)30-24-22(23(29)34)18-33(31-24)27(11-14-28)12-15-32(16-13-27)25(35)36-26(3,4)5;1-2/h6-10,17-18H,2,11-13,15-16H2,1,3-5H3,(H2,29,34)(H,30,31);1-2H3/b8-6-;. The number of piperidine rings is 1. The van der Waals surface area contributed by atoms with Crippen molar-refractivity contribution in [3.8, 4) is 6.07 Å². The number of carbonyl (C=O) groups is 2. The van der Waals surface area contributed by atoms with E-state index in [1.807, 2.05) is 78.0 Å². The molecule has 2 aromatic rings. The van der Waals surface area contributed by atoms with Gasteiger partial charge in [0.25, 0.3) is 5.91 Å². The first kappa shape index (κ1) is 30.2. The van der Waals surface area contributed by atoms with Gasteiger partial charge in [-0.25, -0.2) is 4.79 Å². The van der Waals surface area contributed by atoms with Crippen LogP contribution < -0.4 is 11.1 Å². The molecule has 0 saturated carbocycles. The Balaban J connectivity index is 0.00000247. The number of ether oxygens (including phenoxy) is 1. The van der Waals surface area contributed by atoms with Crippen molar-refractivity contribution in [2.75, 3.05) is 18.4 Å². The molecule has 0 radical (unpaired) electrons. The highest BCUT2D eigenvalue weighted by Gasteiger charge is 2.40. The molecule has 1 aliphatic rings. The molecular weight excluding hydrogens is 480 g/mol. The fraction of sp³-hybridized carbons (Fsp3) is 0.448. The van der Waals surface area contributed by atoms with Crippen LogP contribution in [0.4, 0.5) is 16.3 Å². The minimum Gasteiger partial charge on any atom is -0.444 e. The number of nitrogens with zero attached hydrogens (tertiary/aromatic N) is 4. The maximum absolute atomic E-state index is 12.5. The van der Waals surface area contributed by atoms with Crippen molar-refractivity contribution < 1.29 is 14.3 Å². The summed E-state index contributed by atoms with van der Waals surface area (Å²) in [5.41, 5.74) is 7.13. The number of carbonyl (C=O) groups excluding carboxylic acids is 2. The largest absolute Gasteiger partial charge is 0.444 e. The summed E-state index contributed by atoms with van der Waals surface area (Å²) in [5, 5.41) is 17.5. The van der Waals surface area contributed by atoms with Crippen molar-refractivity contribution in [3.63, 3.8) is 0 Å². The number of benzene rings is 1. The highest BCUT2D eigenvalue weighted by molar-refractivity contribution is 5.98. The first-order valence-corrected chi connectivity index (χ1v) is 12.9. The van der Waals surface area contributed by atoms with Gasteiger partial charge in [-0.15, -0.1) is 0 Å². The van der Waals surface area contributed by atoms with E-state index in [0.717, 1.165) is 16.8 Å². The van der Waals surface area contributed by atoms with E-state index in [1.54, 1.807) is 15.8 Å². The fourth-order valence-corrected chi connectivity index (χ4v) is 4.19. The number of hydrogen-bond donors (Lipinski definition) is 2. The molecule has 9 heteroatoms. The molecule has 9 nitrogen and oxygen atoms in total. The minimum atomic E-state index is -0.681. The molecule has 1 aromatic carbocycles. The zero-order valence-electron chi connectivity index (χ0n) is 23.4. The first-order chi connectivity index (χ1) is 18.0. The Hall–Kier alpha value is -4.06. The van der Waals surface area contributed by atoms with E-state index in [0.29, 0.717) is 31.7 Å². The Morgan fingerprint density at radius 2 is 1.95 bits per heavy atom. The van der Waals surface area contributed by atoms with E-state index in [4.69, 9.17) is 10.5 Å². The van der Waals surface area contributed by atoms with Gasteiger partial charge in [-0.1, -0.05) is 44.7 Å². The summed E-state index contributed by atoms with van der Waals surface area (Å²) in [4.78, 5) is 26.4. The summed E-state index contributed by atoms with van der Waals surface area (Å²) < 4.78 is 7.15. The zero-order chi connectivity index (χ0) is 28.5. The van der Waals surface area contributed by atoms with E-state index < -0.39 is 17.0 Å². The molecule has 0 bridgehead atoms. The maximum atomic E-state index is 12.5. The van der Waals surface area contributed by atoms with Crippen LogP contribution in [-0.2, 0) is 10.3 Å². The number of hydrogen-bond acceptors (Lipinski definition) is 6. The van der Waals surface area contributed by atoms with Gasteiger partial charge in [0.15, 0.2) is 5.82 Å². The number of anilines is 2. The summed E-state index contributed by atoms with van der Waals surface area (Å²) in [7, 11) is 0. The molecule has 1 saturated heterocycles. The van der Waals surface area contributed by atoms with Crippen LogP contribution in [0.25, 0.3) is 5.57 Å². The van der Waals surface area contributed by atoms with E-state index in [1.165, 1.54) is 0 Å². The van der Waals surface area contributed by atoms with Crippen LogP contribution in [0, 0.1) is 11.3 Å². The molecule has 3 N–H and O–H groups in total. The van der Waals surface area contributed by atoms with Gasteiger partial charge >= 0.3 is 6.09 Å². The molecule has 1 fully saturated rings. The second-order valence-corrected chi connectivity index (χ2v) is 9.96. The number of nitrogens with two attached hydrogens (primary N) is 1. The Kier molecular flexibility index (Phi) is 10.3. The number of aromatic nitrogens is 2. The molecule has 0 unspecified atom stereocenters. The van der Waals surface area contributed by atoms with Gasteiger partial charge < -0.3 is 20.7 Å². The number of rotatable bonds is 7. The number of likely N-dealkylation sites (tertiary alicyclic amines) is 1. The van der Waals surface area contributed by atoms with Crippen LogP contribution in [0.15, 0.2) is 49.2 Å². The van der Waals surface area contributed by atoms with Crippen molar-refractivity contribution in [1.29, 1.82) is 5.26 Å². The van der Waals surface area contributed by atoms with Crippen LogP contribution in [0.1, 0.15) is 76.7 Å². The van der Waals surface area contributed by atoms with Crippen LogP contribution in [0.3, 0.4) is 0 Å². The number of amides is 2. The molecular formula is C29H40N6O3. The van der Waals surface area contributed by atoms with Gasteiger partial charge in [-0.05, 0) is 63.8 Å². The van der Waals surface area contributed by atoms with Crippen LogP contribution in [0.2, 0.25) is 0 Å². The minimum absolute atomic E-state index is 0.174. The second-order valence-electron chi connectivity index (χ2n) is 9.96. The molecule has 3 rings (SSSR count). The number of primary amides is 1. The third-order valence-corrected chi connectivity index (χ3v) is 6.08. The predicted molar refractivity (Wildman–Crippen MR) is 151 cm³/mol. The molecule has 1 aliphatic heterocycles. The average Bonchev–Trinajstić information content (AvgIpc) is 3.30. The summed E-state index contributed by atoms with van der Waals surface area (Å²) in [6.07, 6.45) is 6.18. The van der Waals surface area contributed by atoms with Gasteiger partial charge in [-0.3, -0.25) is 9.48 Å². The molecule has 38 heavy (non-hydrogen) atoms. The van der Waals surface area contributed by atoms with Gasteiger partial charge in [0.2, 0.25) is 0 Å². The fourth-order valence-electron chi connectivity index (χ4n) is 4.19. The Labute approximate surface area is 225 Å². The van der Waals surface area contributed by atoms with Crippen LogP contribution in [-0.4, -0.2) is 45.4 Å². The molecule has 2 heterocycles. The lowest BCUT2D eigenvalue weighted by atomic mass is 9.85. The molecule has 2 amide bonds. The predicted octanol–water partition coefficient (Wildman–Crippen LogP) is 5.98. The van der Waals surface area contributed by atoms with Gasteiger partial charge in [-0.2, -0.15) is 10.4 Å². The Morgan fingerprint density at radius 1 is 1.29 bits per heavy atom. The normalized spacial score (nSPS) is 14.7. The van der Waals surface area contributed by atoms with Crippen LogP contribution in [0.5, 0.6) is 0 Å². The smallest absolute Gasteiger partial charge is 0.410 e. The molecule has 1 aromatic heterocycles. The van der Waals surface area contributed by atoms with E-state index in [-0.39, 0.29) is 18.1 Å². The quantitative estimate of drug-likeness (QED) is 0.432. The van der Waals surface area contributed by atoms with Gasteiger partial charge in [0.05, 0.1) is 18.0 Å². The molecule has 204 valence electrons. The van der Waals surface area contributed by atoms with E-state index in [9.17, 15) is 14.9 Å². The summed E-state index contributed by atoms with van der Waals surface area (Å²) in [6.45, 7) is 16.3. The van der Waals surface area contributed by atoms with Gasteiger partial charge in [0.1, 0.15) is 11.2 Å². The maximum Gasteiger partial charge on any atom is 0.410 e. The number of nitriles is 1. The lowest BCUT2D eigenvalue weighted by Gasteiger charge is -2.40. The van der Waals surface area contributed by atoms with Crippen LogP contribution >= 0.6 is 0 Å². The third kappa shape index (κ3) is 7.48. The van der Waals surface area contributed by atoms with Crippen molar-refractivity contribution in [2.45, 2.75) is 71.9 Å². The Morgan fingerprint density at radius 3 is 2.50 bits per heavy atom. The average molecular weight is 521 g/mol. The third-order valence-electron chi connectivity index (χ3n) is 6.08. The Bertz CT molecular complexity index is 1210. The molecule has 0 spiro atoms. The number of allylic oxidation sites excluding steroid dienone is 3. The zero-order valence-corrected chi connectivity index (χ0v) is 23.4. The van der Waals surface area contributed by atoms with E-state index >= 15 is 0 Å². The summed E-state index contributed by atoms with van der Waals surface area (Å²) in [6, 6.07) is 9.86. The van der Waals surface area contributed by atoms with Crippen molar-refractivity contribution in [1.82, 2.24) is 14.7 Å². The molecule has 0 atom stereocenters. The van der Waals surface area contributed by atoms with Gasteiger partial charge in [0, 0.05) is 25.0 Å². The summed E-state index contributed by atoms with van der Waals surface area (Å²) >= 11 is 0. The monoisotopic (exact) mass is 520 g/mol. The van der Waals surface area contributed by atoms with Crippen molar-refractivity contribution in [2.24, 2.45) is 5.73 Å². The lowest BCUT2D eigenvalue weighted by molar-refractivity contribution is 0.0105. The summed E-state index contributed by atoms with van der Waals surface area (Å²) in [5.74, 6) is -0.320. The molecule has 0 aliphatic carbocycles. The van der Waals surface area contributed by atoms with E-state index in [2.05, 4.69) is 23.1 Å². The lowest BCUT2D eigenvalue weighted by Crippen LogP contribution is -2.49. The second kappa shape index (κ2) is 13.0. The van der Waals surface area contributed by atoms with Crippen molar-refractivity contribution in [3.05, 3.63) is 60.3 Å². The highest BCUT2D eigenvalue weighted by atomic mass is 16.6. The topological polar surface area (TPSA) is 126 Å².